The molecule has 1 aromatic heterocycles. The van der Waals surface area contributed by atoms with E-state index in [2.05, 4.69) is 9.83 Å². The molecule has 0 aliphatic carbocycles. The van der Waals surface area contributed by atoms with Crippen LogP contribution in [0.5, 0.6) is 0 Å². The first-order valence-electron chi connectivity index (χ1n) is 12.3. The van der Waals surface area contributed by atoms with Crippen molar-refractivity contribution >= 4 is 31.1 Å². The van der Waals surface area contributed by atoms with E-state index in [0.29, 0.717) is 17.8 Å². The Kier molecular flexibility index (Phi) is 11.4. The van der Waals surface area contributed by atoms with E-state index in [1.807, 2.05) is 81.4 Å². The van der Waals surface area contributed by atoms with Gasteiger partial charge in [0, 0.05) is 24.7 Å². The van der Waals surface area contributed by atoms with Crippen molar-refractivity contribution in [2.75, 3.05) is 7.11 Å². The fraction of sp³-hybridized carbons (Fsp3) is 0.333. The van der Waals surface area contributed by atoms with Crippen LogP contribution in [0.15, 0.2) is 66.9 Å². The van der Waals surface area contributed by atoms with Crippen LogP contribution < -0.4 is 0 Å². The lowest BCUT2D eigenvalue weighted by Crippen LogP contribution is -2.48. The Bertz CT molecular complexity index is 1220. The van der Waals surface area contributed by atoms with Crippen molar-refractivity contribution in [3.05, 3.63) is 83.8 Å². The van der Waals surface area contributed by atoms with Crippen LogP contribution in [0, 0.1) is 12.5 Å². The summed E-state index contributed by atoms with van der Waals surface area (Å²) in [6, 6.07) is 18.8. The number of nitrogens with zero attached hydrogens (tertiary/aromatic N) is 3. The SMILES string of the molecule is S.[C-]#[N+]c1ccc(-c2ccccc2)cc1-c1ccc(CN(C(=O)CCCC)[C@H](C(=O)OC)C(C)C)cn1. The number of carbonyl (C=O) groups is 2. The van der Waals surface area contributed by atoms with Gasteiger partial charge in [0.05, 0.1) is 19.4 Å². The van der Waals surface area contributed by atoms with E-state index in [4.69, 9.17) is 11.3 Å². The molecule has 0 bridgehead atoms. The number of hydrogen-bond acceptors (Lipinski definition) is 4. The fourth-order valence-corrected chi connectivity index (χ4v) is 4.22. The van der Waals surface area contributed by atoms with Gasteiger partial charge in [0.2, 0.25) is 5.91 Å². The molecule has 0 radical (unpaired) electrons. The van der Waals surface area contributed by atoms with E-state index < -0.39 is 12.0 Å². The third-order valence-electron chi connectivity index (χ3n) is 6.15. The highest BCUT2D eigenvalue weighted by Gasteiger charge is 2.33. The van der Waals surface area contributed by atoms with Crippen molar-refractivity contribution in [2.45, 2.75) is 52.6 Å². The van der Waals surface area contributed by atoms with Crippen LogP contribution in [0.25, 0.3) is 27.2 Å². The van der Waals surface area contributed by atoms with Crippen molar-refractivity contribution in [2.24, 2.45) is 5.92 Å². The molecule has 0 spiro atoms. The van der Waals surface area contributed by atoms with E-state index in [1.54, 1.807) is 11.1 Å². The molecule has 6 nitrogen and oxygen atoms in total. The molecule has 1 atom stereocenters. The Morgan fingerprint density at radius 1 is 1.05 bits per heavy atom. The van der Waals surface area contributed by atoms with Gasteiger partial charge in [0.25, 0.3) is 0 Å². The zero-order valence-electron chi connectivity index (χ0n) is 21.9. The molecule has 3 aromatic rings. The monoisotopic (exact) mass is 517 g/mol. The van der Waals surface area contributed by atoms with Gasteiger partial charge in [-0.3, -0.25) is 9.78 Å². The zero-order valence-corrected chi connectivity index (χ0v) is 22.9. The second-order valence-electron chi connectivity index (χ2n) is 9.10. The Hall–Kier alpha value is -3.63. The molecular weight excluding hydrogens is 482 g/mol. The number of esters is 1. The first-order valence-corrected chi connectivity index (χ1v) is 12.3. The number of hydrogen-bond donors (Lipinski definition) is 0. The highest BCUT2D eigenvalue weighted by atomic mass is 32.1. The van der Waals surface area contributed by atoms with Crippen LogP contribution in [0.4, 0.5) is 5.69 Å². The van der Waals surface area contributed by atoms with E-state index >= 15 is 0 Å². The average Bonchev–Trinajstić information content (AvgIpc) is 2.91. The van der Waals surface area contributed by atoms with Crippen molar-refractivity contribution in [1.29, 1.82) is 0 Å². The van der Waals surface area contributed by atoms with Gasteiger partial charge in [-0.1, -0.05) is 81.8 Å². The molecule has 7 heteroatoms. The maximum Gasteiger partial charge on any atom is 0.328 e. The van der Waals surface area contributed by atoms with Crippen LogP contribution >= 0.6 is 13.5 Å². The third-order valence-corrected chi connectivity index (χ3v) is 6.15. The molecule has 0 saturated carbocycles. The molecule has 0 unspecified atom stereocenters. The molecule has 0 aliphatic rings. The lowest BCUT2D eigenvalue weighted by Gasteiger charge is -2.32. The summed E-state index contributed by atoms with van der Waals surface area (Å²) in [4.78, 5) is 35.6. The molecular formula is C30H35N3O3S. The van der Waals surface area contributed by atoms with Crippen LogP contribution in [0.1, 0.15) is 45.6 Å². The first kappa shape index (κ1) is 29.6. The molecule has 1 amide bonds. The van der Waals surface area contributed by atoms with E-state index in [9.17, 15) is 9.59 Å². The van der Waals surface area contributed by atoms with E-state index in [1.165, 1.54) is 7.11 Å². The number of ether oxygens (including phenoxy) is 1. The van der Waals surface area contributed by atoms with Crippen molar-refractivity contribution in [3.63, 3.8) is 0 Å². The summed E-state index contributed by atoms with van der Waals surface area (Å²) < 4.78 is 5.02. The van der Waals surface area contributed by atoms with Crippen LogP contribution in [-0.4, -0.2) is 34.9 Å². The second kappa shape index (κ2) is 14.2. The highest BCUT2D eigenvalue weighted by Crippen LogP contribution is 2.34. The molecule has 0 aliphatic heterocycles. The van der Waals surface area contributed by atoms with Gasteiger partial charge in [-0.2, -0.15) is 13.5 Å². The van der Waals surface area contributed by atoms with Gasteiger partial charge in [0.15, 0.2) is 5.69 Å². The minimum Gasteiger partial charge on any atom is -0.467 e. The smallest absolute Gasteiger partial charge is 0.328 e. The summed E-state index contributed by atoms with van der Waals surface area (Å²) in [5.41, 5.74) is 4.84. The Balaban J connectivity index is 0.00000481. The third kappa shape index (κ3) is 7.43. The van der Waals surface area contributed by atoms with Crippen molar-refractivity contribution in [3.8, 4) is 22.4 Å². The summed E-state index contributed by atoms with van der Waals surface area (Å²) >= 11 is 0. The summed E-state index contributed by atoms with van der Waals surface area (Å²) in [6.45, 7) is 13.7. The summed E-state index contributed by atoms with van der Waals surface area (Å²) in [7, 11) is 1.35. The van der Waals surface area contributed by atoms with Gasteiger partial charge >= 0.3 is 5.97 Å². The molecule has 3 rings (SSSR count). The number of unbranched alkanes of at least 4 members (excludes halogenated alkanes) is 1. The van der Waals surface area contributed by atoms with Gasteiger partial charge < -0.3 is 9.64 Å². The standard InChI is InChI=1S/C30H33N3O3.H2S/c1-6-7-13-28(34)33(29(21(2)3)30(35)36-5)20-22-14-16-27(32-19-22)25-18-24(15-17-26(25)31-4)23-11-9-8-10-12-23;/h8-12,14-19,21,29H,6-7,13,20H2,1-3,5H3;1H2/t29-;/m0./s1. The van der Waals surface area contributed by atoms with Gasteiger partial charge in [0.1, 0.15) is 6.04 Å². The lowest BCUT2D eigenvalue weighted by molar-refractivity contribution is -0.155. The molecule has 37 heavy (non-hydrogen) atoms. The quantitative estimate of drug-likeness (QED) is 0.219. The number of benzene rings is 2. The number of carbonyl (C=O) groups excluding carboxylic acids is 2. The normalized spacial score (nSPS) is 11.2. The predicted octanol–water partition coefficient (Wildman–Crippen LogP) is 6.80. The first-order chi connectivity index (χ1) is 17.4. The molecule has 2 aromatic carbocycles. The number of methoxy groups -OCH3 is 1. The highest BCUT2D eigenvalue weighted by molar-refractivity contribution is 7.59. The van der Waals surface area contributed by atoms with Crippen LogP contribution in [0.3, 0.4) is 0 Å². The van der Waals surface area contributed by atoms with Gasteiger partial charge in [-0.05, 0) is 35.1 Å². The molecule has 0 fully saturated rings. The number of aromatic nitrogens is 1. The maximum atomic E-state index is 13.1. The molecule has 0 N–H and O–H groups in total. The summed E-state index contributed by atoms with van der Waals surface area (Å²) in [6.07, 6.45) is 3.75. The largest absolute Gasteiger partial charge is 0.467 e. The minimum absolute atomic E-state index is 0. The van der Waals surface area contributed by atoms with Crippen molar-refractivity contribution < 1.29 is 14.3 Å². The predicted molar refractivity (Wildman–Crippen MR) is 152 cm³/mol. The average molecular weight is 518 g/mol. The Morgan fingerprint density at radius 3 is 2.35 bits per heavy atom. The Labute approximate surface area is 227 Å². The van der Waals surface area contributed by atoms with Crippen molar-refractivity contribution in [1.82, 2.24) is 9.88 Å². The van der Waals surface area contributed by atoms with E-state index in [-0.39, 0.29) is 31.9 Å². The Morgan fingerprint density at radius 2 is 1.78 bits per heavy atom. The van der Waals surface area contributed by atoms with Gasteiger partial charge in [-0.15, -0.1) is 0 Å². The topological polar surface area (TPSA) is 63.9 Å². The zero-order chi connectivity index (χ0) is 26.1. The number of rotatable bonds is 10. The lowest BCUT2D eigenvalue weighted by atomic mass is 9.99. The number of amides is 1. The van der Waals surface area contributed by atoms with Crippen LogP contribution in [-0.2, 0) is 20.9 Å². The van der Waals surface area contributed by atoms with E-state index in [0.717, 1.165) is 35.1 Å². The fourth-order valence-electron chi connectivity index (χ4n) is 4.22. The summed E-state index contributed by atoms with van der Waals surface area (Å²) in [5.74, 6) is -0.591. The summed E-state index contributed by atoms with van der Waals surface area (Å²) in [5, 5.41) is 0. The van der Waals surface area contributed by atoms with Crippen LogP contribution in [0.2, 0.25) is 0 Å². The second-order valence-corrected chi connectivity index (χ2v) is 9.10. The number of pyridine rings is 1. The molecule has 0 saturated heterocycles. The molecule has 194 valence electrons. The minimum atomic E-state index is -0.671. The maximum absolute atomic E-state index is 13.1. The van der Waals surface area contributed by atoms with Gasteiger partial charge in [-0.25, -0.2) is 9.64 Å². The molecule has 1 heterocycles.